The summed E-state index contributed by atoms with van der Waals surface area (Å²) in [6.07, 6.45) is 3.81. The first-order chi connectivity index (χ1) is 8.88. The first-order valence-electron chi connectivity index (χ1n) is 6.80. The zero-order chi connectivity index (χ0) is 12.6. The van der Waals surface area contributed by atoms with Crippen molar-refractivity contribution in [3.8, 4) is 11.8 Å². The maximum absolute atomic E-state index is 5.36. The van der Waals surface area contributed by atoms with E-state index < -0.39 is 0 Å². The van der Waals surface area contributed by atoms with Crippen LogP contribution in [0.5, 0.6) is 0 Å². The third kappa shape index (κ3) is 4.18. The van der Waals surface area contributed by atoms with Gasteiger partial charge in [0.25, 0.3) is 0 Å². The van der Waals surface area contributed by atoms with Crippen LogP contribution in [-0.4, -0.2) is 31.1 Å². The molecule has 0 amide bonds. The Bertz CT molecular complexity index is 394. The lowest BCUT2D eigenvalue weighted by Crippen LogP contribution is -2.34. The molecule has 0 atom stereocenters. The van der Waals surface area contributed by atoms with Crippen molar-refractivity contribution in [1.82, 2.24) is 4.90 Å². The molecule has 0 saturated carbocycles. The first-order valence-corrected chi connectivity index (χ1v) is 6.80. The molecule has 1 saturated heterocycles. The standard InChI is InChI=1S/C16H22N2/c17-10-4-5-11-18-12-8-16(9-13-18)14-15-6-2-1-3-7-15/h1-3,6-7,16H,8-14,17H2. The SMILES string of the molecule is NCC#CCN1CCC(Cc2ccccc2)CC1. The molecule has 1 aromatic rings. The first kappa shape index (κ1) is 13.1. The Balaban J connectivity index is 1.73. The number of benzene rings is 1. The third-order valence-electron chi connectivity index (χ3n) is 3.60. The smallest absolute Gasteiger partial charge is 0.0602 e. The molecule has 18 heavy (non-hydrogen) atoms. The van der Waals surface area contributed by atoms with Crippen LogP contribution in [0.25, 0.3) is 0 Å². The number of piperidine rings is 1. The van der Waals surface area contributed by atoms with Gasteiger partial charge in [-0.05, 0) is 43.8 Å². The van der Waals surface area contributed by atoms with Crippen LogP contribution < -0.4 is 5.73 Å². The lowest BCUT2D eigenvalue weighted by Gasteiger charge is -2.30. The Kier molecular flexibility index (Phi) is 5.26. The van der Waals surface area contributed by atoms with E-state index in [1.807, 2.05) is 0 Å². The maximum atomic E-state index is 5.36. The summed E-state index contributed by atoms with van der Waals surface area (Å²) in [5.41, 5.74) is 6.83. The highest BCUT2D eigenvalue weighted by molar-refractivity contribution is 5.15. The Morgan fingerprint density at radius 1 is 1.11 bits per heavy atom. The fraction of sp³-hybridized carbons (Fsp3) is 0.500. The number of likely N-dealkylation sites (tertiary alicyclic amines) is 1. The summed E-state index contributed by atoms with van der Waals surface area (Å²) in [5, 5.41) is 0. The van der Waals surface area contributed by atoms with Crippen molar-refractivity contribution >= 4 is 0 Å². The lowest BCUT2D eigenvalue weighted by atomic mass is 9.90. The van der Waals surface area contributed by atoms with Crippen LogP contribution in [0, 0.1) is 17.8 Å². The third-order valence-corrected chi connectivity index (χ3v) is 3.60. The van der Waals surface area contributed by atoms with Crippen molar-refractivity contribution in [2.45, 2.75) is 19.3 Å². The Labute approximate surface area is 110 Å². The van der Waals surface area contributed by atoms with Crippen molar-refractivity contribution in [1.29, 1.82) is 0 Å². The van der Waals surface area contributed by atoms with Gasteiger partial charge in [-0.15, -0.1) is 0 Å². The molecule has 0 radical (unpaired) electrons. The van der Waals surface area contributed by atoms with Crippen LogP contribution in [0.1, 0.15) is 18.4 Å². The molecule has 1 fully saturated rings. The van der Waals surface area contributed by atoms with Gasteiger partial charge in [-0.1, -0.05) is 42.2 Å². The highest BCUT2D eigenvalue weighted by atomic mass is 15.1. The summed E-state index contributed by atoms with van der Waals surface area (Å²) in [6.45, 7) is 3.72. The van der Waals surface area contributed by atoms with Crippen molar-refractivity contribution < 1.29 is 0 Å². The highest BCUT2D eigenvalue weighted by Gasteiger charge is 2.18. The Morgan fingerprint density at radius 3 is 2.50 bits per heavy atom. The van der Waals surface area contributed by atoms with Crippen molar-refractivity contribution in [2.24, 2.45) is 11.7 Å². The number of hydrogen-bond donors (Lipinski definition) is 1. The van der Waals surface area contributed by atoms with Crippen molar-refractivity contribution in [3.05, 3.63) is 35.9 Å². The number of hydrogen-bond acceptors (Lipinski definition) is 2. The summed E-state index contributed by atoms with van der Waals surface area (Å²) < 4.78 is 0. The molecule has 0 aliphatic carbocycles. The average Bonchev–Trinajstić information content (AvgIpc) is 2.42. The average molecular weight is 242 g/mol. The number of rotatable bonds is 3. The van der Waals surface area contributed by atoms with Gasteiger partial charge in [0.15, 0.2) is 0 Å². The van der Waals surface area contributed by atoms with E-state index in [1.54, 1.807) is 0 Å². The molecule has 0 aromatic heterocycles. The molecule has 1 aliphatic heterocycles. The summed E-state index contributed by atoms with van der Waals surface area (Å²) in [5.74, 6) is 6.89. The normalized spacial score (nSPS) is 17.2. The van der Waals surface area contributed by atoms with E-state index in [4.69, 9.17) is 5.73 Å². The minimum atomic E-state index is 0.477. The predicted octanol–water partition coefficient (Wildman–Crippen LogP) is 1.90. The molecule has 1 aliphatic rings. The van der Waals surface area contributed by atoms with Crippen LogP contribution in [0.3, 0.4) is 0 Å². The molecular weight excluding hydrogens is 220 g/mol. The van der Waals surface area contributed by atoms with Crippen LogP contribution in [0.4, 0.5) is 0 Å². The van der Waals surface area contributed by atoms with E-state index in [1.165, 1.54) is 37.9 Å². The van der Waals surface area contributed by atoms with Gasteiger partial charge in [0.1, 0.15) is 0 Å². The van der Waals surface area contributed by atoms with E-state index in [-0.39, 0.29) is 0 Å². The van der Waals surface area contributed by atoms with Gasteiger partial charge in [0, 0.05) is 0 Å². The molecular formula is C16H22N2. The minimum absolute atomic E-state index is 0.477. The lowest BCUT2D eigenvalue weighted by molar-refractivity contribution is 0.203. The molecule has 1 heterocycles. The van der Waals surface area contributed by atoms with Gasteiger partial charge in [-0.2, -0.15) is 0 Å². The second-order valence-corrected chi connectivity index (χ2v) is 4.97. The summed E-state index contributed by atoms with van der Waals surface area (Å²) in [4.78, 5) is 2.43. The van der Waals surface area contributed by atoms with Gasteiger partial charge in [-0.25, -0.2) is 0 Å². The monoisotopic (exact) mass is 242 g/mol. The zero-order valence-electron chi connectivity index (χ0n) is 10.9. The Hall–Kier alpha value is -1.30. The van der Waals surface area contributed by atoms with Crippen LogP contribution in [0.15, 0.2) is 30.3 Å². The molecule has 2 rings (SSSR count). The molecule has 0 unspecified atom stereocenters. The van der Waals surface area contributed by atoms with E-state index >= 15 is 0 Å². The van der Waals surface area contributed by atoms with Gasteiger partial charge in [-0.3, -0.25) is 4.90 Å². The van der Waals surface area contributed by atoms with Gasteiger partial charge in [0.2, 0.25) is 0 Å². The molecule has 96 valence electrons. The molecule has 0 spiro atoms. The second kappa shape index (κ2) is 7.20. The molecule has 1 aromatic carbocycles. The second-order valence-electron chi connectivity index (χ2n) is 4.97. The summed E-state index contributed by atoms with van der Waals surface area (Å²) in [7, 11) is 0. The summed E-state index contributed by atoms with van der Waals surface area (Å²) >= 11 is 0. The summed E-state index contributed by atoms with van der Waals surface area (Å²) in [6, 6.07) is 10.8. The van der Waals surface area contributed by atoms with E-state index in [0.717, 1.165) is 12.5 Å². The number of nitrogens with two attached hydrogens (primary N) is 1. The van der Waals surface area contributed by atoms with E-state index in [9.17, 15) is 0 Å². The van der Waals surface area contributed by atoms with Gasteiger partial charge < -0.3 is 5.73 Å². The predicted molar refractivity (Wildman–Crippen MR) is 76.1 cm³/mol. The molecule has 2 N–H and O–H groups in total. The van der Waals surface area contributed by atoms with Crippen LogP contribution in [0.2, 0.25) is 0 Å². The Morgan fingerprint density at radius 2 is 1.83 bits per heavy atom. The molecule has 2 heteroatoms. The van der Waals surface area contributed by atoms with Crippen molar-refractivity contribution in [2.75, 3.05) is 26.2 Å². The van der Waals surface area contributed by atoms with Crippen LogP contribution in [-0.2, 0) is 6.42 Å². The van der Waals surface area contributed by atoms with Gasteiger partial charge in [0.05, 0.1) is 13.1 Å². The van der Waals surface area contributed by atoms with Crippen LogP contribution >= 0.6 is 0 Å². The van der Waals surface area contributed by atoms with Gasteiger partial charge >= 0.3 is 0 Å². The zero-order valence-corrected chi connectivity index (χ0v) is 10.9. The number of nitrogens with zero attached hydrogens (tertiary/aromatic N) is 1. The quantitative estimate of drug-likeness (QED) is 0.820. The minimum Gasteiger partial charge on any atom is -0.320 e. The highest BCUT2D eigenvalue weighted by Crippen LogP contribution is 2.21. The fourth-order valence-electron chi connectivity index (χ4n) is 2.54. The topological polar surface area (TPSA) is 29.3 Å². The maximum Gasteiger partial charge on any atom is 0.0602 e. The molecule has 2 nitrogen and oxygen atoms in total. The largest absolute Gasteiger partial charge is 0.320 e. The fourth-order valence-corrected chi connectivity index (χ4v) is 2.54. The van der Waals surface area contributed by atoms with E-state index in [0.29, 0.717) is 6.54 Å². The van der Waals surface area contributed by atoms with Crippen molar-refractivity contribution in [3.63, 3.8) is 0 Å². The molecule has 0 bridgehead atoms. The van der Waals surface area contributed by atoms with E-state index in [2.05, 4.69) is 47.1 Å².